The molecule has 0 bridgehead atoms. The van der Waals surface area contributed by atoms with Gasteiger partial charge in [-0.25, -0.2) is 0 Å². The minimum atomic E-state index is -0.315. The van der Waals surface area contributed by atoms with E-state index in [1.807, 2.05) is 18.2 Å². The molecule has 5 heteroatoms. The molecule has 2 heterocycles. The highest BCUT2D eigenvalue weighted by Gasteiger charge is 2.28. The maximum Gasteiger partial charge on any atom is 0.234 e. The van der Waals surface area contributed by atoms with Gasteiger partial charge in [-0.2, -0.15) is 0 Å². The maximum atomic E-state index is 11.9. The van der Waals surface area contributed by atoms with E-state index in [0.29, 0.717) is 18.5 Å². The number of imide groups is 1. The molecule has 5 nitrogen and oxygen atoms in total. The Kier molecular flexibility index (Phi) is 2.67. The Morgan fingerprint density at radius 3 is 2.95 bits per heavy atom. The molecule has 1 saturated heterocycles. The molecule has 1 aromatic heterocycles. The number of anilines is 1. The van der Waals surface area contributed by atoms with E-state index in [0.717, 1.165) is 16.3 Å². The number of nitrogens with zero attached hydrogens (tertiary/aromatic N) is 1. The van der Waals surface area contributed by atoms with E-state index in [-0.39, 0.29) is 17.7 Å². The van der Waals surface area contributed by atoms with Crippen molar-refractivity contribution < 1.29 is 9.59 Å². The number of hydrogen-bond acceptors (Lipinski definition) is 4. The summed E-state index contributed by atoms with van der Waals surface area (Å²) in [7, 11) is 0. The smallest absolute Gasteiger partial charge is 0.234 e. The van der Waals surface area contributed by atoms with E-state index in [4.69, 9.17) is 5.73 Å². The van der Waals surface area contributed by atoms with Crippen LogP contribution in [0.1, 0.15) is 24.3 Å². The van der Waals surface area contributed by atoms with Crippen LogP contribution in [0.4, 0.5) is 5.69 Å². The van der Waals surface area contributed by atoms with E-state index < -0.39 is 0 Å². The molecule has 2 amide bonds. The van der Waals surface area contributed by atoms with Crippen molar-refractivity contribution in [3.05, 3.63) is 36.2 Å². The van der Waals surface area contributed by atoms with Crippen molar-refractivity contribution in [1.82, 2.24) is 10.3 Å². The third kappa shape index (κ3) is 2.03. The fourth-order valence-electron chi connectivity index (χ4n) is 2.48. The molecule has 19 heavy (non-hydrogen) atoms. The summed E-state index contributed by atoms with van der Waals surface area (Å²) < 4.78 is 0. The molecule has 0 spiro atoms. The lowest BCUT2D eigenvalue weighted by Crippen LogP contribution is -2.39. The van der Waals surface area contributed by atoms with Gasteiger partial charge >= 0.3 is 0 Å². The van der Waals surface area contributed by atoms with Gasteiger partial charge in [-0.15, -0.1) is 0 Å². The number of rotatable bonds is 1. The zero-order chi connectivity index (χ0) is 13.4. The Balaban J connectivity index is 2.06. The summed E-state index contributed by atoms with van der Waals surface area (Å²) in [6, 6.07) is 5.57. The lowest BCUT2D eigenvalue weighted by atomic mass is 9.89. The summed E-state index contributed by atoms with van der Waals surface area (Å²) >= 11 is 0. The molecule has 1 fully saturated rings. The van der Waals surface area contributed by atoms with Gasteiger partial charge in [0.2, 0.25) is 11.8 Å². The van der Waals surface area contributed by atoms with Crippen LogP contribution in [0.3, 0.4) is 0 Å². The second-order valence-corrected chi connectivity index (χ2v) is 4.71. The number of hydrogen-bond donors (Lipinski definition) is 2. The lowest BCUT2D eigenvalue weighted by Gasteiger charge is -2.21. The van der Waals surface area contributed by atoms with Crippen LogP contribution in [0.5, 0.6) is 0 Å². The van der Waals surface area contributed by atoms with Crippen LogP contribution >= 0.6 is 0 Å². The summed E-state index contributed by atoms with van der Waals surface area (Å²) in [6.45, 7) is 0. The summed E-state index contributed by atoms with van der Waals surface area (Å²) in [5.41, 5.74) is 7.47. The van der Waals surface area contributed by atoms with E-state index in [1.165, 1.54) is 0 Å². The average Bonchev–Trinajstić information content (AvgIpc) is 2.38. The van der Waals surface area contributed by atoms with Gasteiger partial charge in [-0.05, 0) is 30.2 Å². The van der Waals surface area contributed by atoms with Crippen LogP contribution in [0.25, 0.3) is 10.8 Å². The van der Waals surface area contributed by atoms with Gasteiger partial charge in [-0.1, -0.05) is 0 Å². The zero-order valence-electron chi connectivity index (χ0n) is 10.2. The summed E-state index contributed by atoms with van der Waals surface area (Å²) in [5, 5.41) is 4.19. The fraction of sp³-hybridized carbons (Fsp3) is 0.214. The SMILES string of the molecule is Nc1cc(C2CCC(=O)NC2=O)cc2cnccc12. The van der Waals surface area contributed by atoms with E-state index >= 15 is 0 Å². The predicted octanol–water partition coefficient (Wildman–Crippen LogP) is 1.34. The van der Waals surface area contributed by atoms with Gasteiger partial charge in [0, 0.05) is 35.3 Å². The third-order valence-electron chi connectivity index (χ3n) is 3.45. The van der Waals surface area contributed by atoms with Gasteiger partial charge in [0.25, 0.3) is 0 Å². The normalized spacial score (nSPS) is 19.5. The molecule has 3 rings (SSSR count). The molecule has 3 N–H and O–H groups in total. The molecule has 96 valence electrons. The summed E-state index contributed by atoms with van der Waals surface area (Å²) in [5.74, 6) is -0.778. The van der Waals surface area contributed by atoms with Gasteiger partial charge in [0.15, 0.2) is 0 Å². The minimum Gasteiger partial charge on any atom is -0.398 e. The number of carbonyl (C=O) groups is 2. The summed E-state index contributed by atoms with van der Waals surface area (Å²) in [6.07, 6.45) is 4.29. The number of nitrogen functional groups attached to an aromatic ring is 1. The maximum absolute atomic E-state index is 11.9. The number of fused-ring (bicyclic) bond motifs is 1. The quantitative estimate of drug-likeness (QED) is 0.594. The number of pyridine rings is 1. The molecular formula is C14H13N3O2. The van der Waals surface area contributed by atoms with Crippen LogP contribution < -0.4 is 11.1 Å². The first-order valence-electron chi connectivity index (χ1n) is 6.12. The average molecular weight is 255 g/mol. The monoisotopic (exact) mass is 255 g/mol. The molecule has 1 atom stereocenters. The number of amides is 2. The zero-order valence-corrected chi connectivity index (χ0v) is 10.2. The van der Waals surface area contributed by atoms with E-state index in [1.54, 1.807) is 12.4 Å². The molecule has 0 radical (unpaired) electrons. The van der Waals surface area contributed by atoms with Crippen molar-refractivity contribution in [3.8, 4) is 0 Å². The highest BCUT2D eigenvalue weighted by Crippen LogP contribution is 2.30. The van der Waals surface area contributed by atoms with Crippen molar-refractivity contribution >= 4 is 28.3 Å². The number of benzene rings is 1. The Hall–Kier alpha value is -2.43. The fourth-order valence-corrected chi connectivity index (χ4v) is 2.48. The van der Waals surface area contributed by atoms with Crippen molar-refractivity contribution in [2.75, 3.05) is 5.73 Å². The van der Waals surface area contributed by atoms with Crippen molar-refractivity contribution in [2.45, 2.75) is 18.8 Å². The number of nitrogens with one attached hydrogen (secondary N) is 1. The lowest BCUT2D eigenvalue weighted by molar-refractivity contribution is -0.134. The molecule has 1 aliphatic heterocycles. The second kappa shape index (κ2) is 4.35. The molecule has 1 unspecified atom stereocenters. The highest BCUT2D eigenvalue weighted by molar-refractivity contribution is 6.02. The number of carbonyl (C=O) groups excluding carboxylic acids is 2. The van der Waals surface area contributed by atoms with Crippen molar-refractivity contribution in [1.29, 1.82) is 0 Å². The van der Waals surface area contributed by atoms with Crippen LogP contribution in [-0.4, -0.2) is 16.8 Å². The van der Waals surface area contributed by atoms with Gasteiger partial charge in [-0.3, -0.25) is 19.9 Å². The van der Waals surface area contributed by atoms with Crippen LogP contribution in [-0.2, 0) is 9.59 Å². The topological polar surface area (TPSA) is 85.1 Å². The Morgan fingerprint density at radius 2 is 2.16 bits per heavy atom. The van der Waals surface area contributed by atoms with E-state index in [2.05, 4.69) is 10.3 Å². The summed E-state index contributed by atoms with van der Waals surface area (Å²) in [4.78, 5) is 27.1. The number of aromatic nitrogens is 1. The van der Waals surface area contributed by atoms with E-state index in [9.17, 15) is 9.59 Å². The highest BCUT2D eigenvalue weighted by atomic mass is 16.2. The first-order chi connectivity index (χ1) is 9.15. The van der Waals surface area contributed by atoms with Crippen molar-refractivity contribution in [3.63, 3.8) is 0 Å². The third-order valence-corrected chi connectivity index (χ3v) is 3.45. The Labute approximate surface area is 109 Å². The van der Waals surface area contributed by atoms with Crippen LogP contribution in [0.2, 0.25) is 0 Å². The number of piperidine rings is 1. The number of nitrogens with two attached hydrogens (primary N) is 1. The van der Waals surface area contributed by atoms with Gasteiger partial charge in [0.1, 0.15) is 0 Å². The Morgan fingerprint density at radius 1 is 1.32 bits per heavy atom. The Bertz CT molecular complexity index is 681. The van der Waals surface area contributed by atoms with Gasteiger partial charge < -0.3 is 5.73 Å². The molecule has 1 aromatic carbocycles. The van der Waals surface area contributed by atoms with Crippen LogP contribution in [0, 0.1) is 0 Å². The first kappa shape index (κ1) is 11.6. The standard InChI is InChI=1S/C14H13N3O2/c15-12-6-8(5-9-7-16-4-3-10(9)12)11-1-2-13(18)17-14(11)19/h3-7,11H,1-2,15H2,(H,17,18,19). The predicted molar refractivity (Wildman–Crippen MR) is 71.3 cm³/mol. The molecular weight excluding hydrogens is 242 g/mol. The van der Waals surface area contributed by atoms with Crippen molar-refractivity contribution in [2.24, 2.45) is 0 Å². The minimum absolute atomic E-state index is 0.211. The molecule has 0 aliphatic carbocycles. The second-order valence-electron chi connectivity index (χ2n) is 4.71. The van der Waals surface area contributed by atoms with Crippen LogP contribution in [0.15, 0.2) is 30.6 Å². The molecule has 0 saturated carbocycles. The van der Waals surface area contributed by atoms with Gasteiger partial charge in [0.05, 0.1) is 5.92 Å². The largest absolute Gasteiger partial charge is 0.398 e. The molecule has 2 aromatic rings. The molecule has 1 aliphatic rings. The first-order valence-corrected chi connectivity index (χ1v) is 6.12.